The maximum absolute atomic E-state index is 12.1. The van der Waals surface area contributed by atoms with E-state index in [1.807, 2.05) is 0 Å². The first kappa shape index (κ1) is 16.0. The smallest absolute Gasteiger partial charge is 0.374 e. The van der Waals surface area contributed by atoms with Gasteiger partial charge in [0.2, 0.25) is 15.8 Å². The second kappa shape index (κ2) is 6.19. The predicted octanol–water partition coefficient (Wildman–Crippen LogP) is 2.36. The first-order chi connectivity index (χ1) is 9.82. The van der Waals surface area contributed by atoms with Gasteiger partial charge in [0.15, 0.2) is 0 Å². The van der Waals surface area contributed by atoms with Crippen LogP contribution in [-0.4, -0.2) is 20.5 Å². The number of esters is 1. The minimum Gasteiger partial charge on any atom is -0.456 e. The van der Waals surface area contributed by atoms with Gasteiger partial charge in [0.25, 0.3) is 0 Å². The van der Waals surface area contributed by atoms with Gasteiger partial charge in [0, 0.05) is 6.07 Å². The number of sulfonamides is 1. The van der Waals surface area contributed by atoms with E-state index >= 15 is 0 Å². The van der Waals surface area contributed by atoms with Crippen LogP contribution < -0.4 is 5.14 Å². The first-order valence-corrected chi connectivity index (χ1v) is 8.71. The van der Waals surface area contributed by atoms with E-state index in [2.05, 4.69) is 6.92 Å². The standard InChI is InChI=1S/C14H21NO5S/c1-3-10-6-4-5-7-11(10)20-14(16)12-8-13(9(2)19-12)21(15,17)18/h8,10-11H,3-7H2,1-2H3,(H2,15,17,18). The van der Waals surface area contributed by atoms with Crippen molar-refractivity contribution in [2.75, 3.05) is 0 Å². The predicted molar refractivity (Wildman–Crippen MR) is 76.3 cm³/mol. The number of aryl methyl sites for hydroxylation is 1. The molecule has 0 radical (unpaired) electrons. The molecule has 2 rings (SSSR count). The quantitative estimate of drug-likeness (QED) is 0.860. The van der Waals surface area contributed by atoms with Crippen LogP contribution in [0.3, 0.4) is 0 Å². The minimum atomic E-state index is -3.90. The number of carbonyl (C=O) groups is 1. The maximum Gasteiger partial charge on any atom is 0.374 e. The van der Waals surface area contributed by atoms with Gasteiger partial charge in [-0.05, 0) is 38.5 Å². The molecule has 0 saturated heterocycles. The largest absolute Gasteiger partial charge is 0.456 e. The molecule has 2 N–H and O–H groups in total. The lowest BCUT2D eigenvalue weighted by Gasteiger charge is -2.30. The Morgan fingerprint density at radius 1 is 1.43 bits per heavy atom. The molecule has 1 aromatic rings. The topological polar surface area (TPSA) is 99.6 Å². The Morgan fingerprint density at radius 2 is 2.10 bits per heavy atom. The van der Waals surface area contributed by atoms with Crippen LogP contribution in [-0.2, 0) is 14.8 Å². The van der Waals surface area contributed by atoms with Crippen LogP contribution in [0.25, 0.3) is 0 Å². The second-order valence-electron chi connectivity index (χ2n) is 5.47. The summed E-state index contributed by atoms with van der Waals surface area (Å²) in [7, 11) is -3.90. The number of rotatable bonds is 4. The van der Waals surface area contributed by atoms with Gasteiger partial charge in [-0.1, -0.05) is 13.3 Å². The lowest BCUT2D eigenvalue weighted by Crippen LogP contribution is -2.29. The van der Waals surface area contributed by atoms with E-state index in [9.17, 15) is 13.2 Å². The molecule has 1 aliphatic carbocycles. The van der Waals surface area contributed by atoms with E-state index in [0.29, 0.717) is 5.92 Å². The molecule has 1 saturated carbocycles. The molecule has 118 valence electrons. The molecule has 2 unspecified atom stereocenters. The van der Waals surface area contributed by atoms with Crippen LogP contribution in [0.1, 0.15) is 55.3 Å². The van der Waals surface area contributed by atoms with Crippen LogP contribution in [0, 0.1) is 12.8 Å². The van der Waals surface area contributed by atoms with Crippen LogP contribution in [0.2, 0.25) is 0 Å². The molecule has 0 amide bonds. The number of furan rings is 1. The lowest BCUT2D eigenvalue weighted by molar-refractivity contribution is -0.00235. The Balaban J connectivity index is 2.13. The normalized spacial score (nSPS) is 23.0. The lowest BCUT2D eigenvalue weighted by atomic mass is 9.85. The molecule has 21 heavy (non-hydrogen) atoms. The van der Waals surface area contributed by atoms with E-state index in [-0.39, 0.29) is 22.5 Å². The number of hydrogen-bond donors (Lipinski definition) is 1. The van der Waals surface area contributed by atoms with Crippen molar-refractivity contribution in [3.05, 3.63) is 17.6 Å². The molecule has 0 aromatic carbocycles. The zero-order valence-corrected chi connectivity index (χ0v) is 13.1. The summed E-state index contributed by atoms with van der Waals surface area (Å²) in [4.78, 5) is 11.9. The summed E-state index contributed by atoms with van der Waals surface area (Å²) in [5.74, 6) is -0.285. The summed E-state index contributed by atoms with van der Waals surface area (Å²) < 4.78 is 33.4. The number of ether oxygens (including phenoxy) is 1. The Labute approximate surface area is 124 Å². The van der Waals surface area contributed by atoms with Gasteiger partial charge in [-0.2, -0.15) is 0 Å². The Kier molecular flexibility index (Phi) is 4.73. The molecule has 0 spiro atoms. The zero-order valence-electron chi connectivity index (χ0n) is 12.3. The van der Waals surface area contributed by atoms with Crippen molar-refractivity contribution in [1.82, 2.24) is 0 Å². The summed E-state index contributed by atoms with van der Waals surface area (Å²) in [6.07, 6.45) is 4.91. The maximum atomic E-state index is 12.1. The van der Waals surface area contributed by atoms with Gasteiger partial charge in [-0.25, -0.2) is 18.4 Å². The fraction of sp³-hybridized carbons (Fsp3) is 0.643. The van der Waals surface area contributed by atoms with Crippen LogP contribution >= 0.6 is 0 Å². The Bertz CT molecular complexity index is 619. The molecule has 1 fully saturated rings. The Hall–Kier alpha value is -1.34. The molecule has 0 aliphatic heterocycles. The summed E-state index contributed by atoms with van der Waals surface area (Å²) in [6.45, 7) is 3.53. The average molecular weight is 315 g/mol. The molecule has 7 heteroatoms. The van der Waals surface area contributed by atoms with Crippen LogP contribution in [0.5, 0.6) is 0 Å². The van der Waals surface area contributed by atoms with E-state index in [1.165, 1.54) is 6.92 Å². The number of nitrogens with two attached hydrogens (primary N) is 1. The van der Waals surface area contributed by atoms with E-state index in [0.717, 1.165) is 38.2 Å². The van der Waals surface area contributed by atoms with Crippen molar-refractivity contribution in [3.8, 4) is 0 Å². The van der Waals surface area contributed by atoms with Crippen molar-refractivity contribution in [3.63, 3.8) is 0 Å². The fourth-order valence-corrected chi connectivity index (χ4v) is 3.55. The highest BCUT2D eigenvalue weighted by molar-refractivity contribution is 7.89. The molecular weight excluding hydrogens is 294 g/mol. The summed E-state index contributed by atoms with van der Waals surface area (Å²) >= 11 is 0. The van der Waals surface area contributed by atoms with Crippen LogP contribution in [0.4, 0.5) is 0 Å². The van der Waals surface area contributed by atoms with Crippen molar-refractivity contribution >= 4 is 16.0 Å². The molecule has 2 atom stereocenters. The monoisotopic (exact) mass is 315 g/mol. The summed E-state index contributed by atoms with van der Waals surface area (Å²) in [5.41, 5.74) is 0. The third-order valence-corrected chi connectivity index (χ3v) is 5.02. The first-order valence-electron chi connectivity index (χ1n) is 7.17. The van der Waals surface area contributed by atoms with Crippen LogP contribution in [0.15, 0.2) is 15.4 Å². The Morgan fingerprint density at radius 3 is 2.67 bits per heavy atom. The highest BCUT2D eigenvalue weighted by Gasteiger charge is 2.29. The van der Waals surface area contributed by atoms with Gasteiger partial charge in [0.05, 0.1) is 0 Å². The van der Waals surface area contributed by atoms with Gasteiger partial charge in [-0.15, -0.1) is 0 Å². The number of primary sulfonamides is 1. The van der Waals surface area contributed by atoms with Crippen molar-refractivity contribution in [1.29, 1.82) is 0 Å². The molecular formula is C14H21NO5S. The van der Waals surface area contributed by atoms with Crippen molar-refractivity contribution < 1.29 is 22.4 Å². The van der Waals surface area contributed by atoms with E-state index in [1.54, 1.807) is 0 Å². The minimum absolute atomic E-state index is 0.0973. The van der Waals surface area contributed by atoms with Gasteiger partial charge >= 0.3 is 5.97 Å². The number of hydrogen-bond acceptors (Lipinski definition) is 5. The molecule has 6 nitrogen and oxygen atoms in total. The van der Waals surface area contributed by atoms with E-state index < -0.39 is 16.0 Å². The fourth-order valence-electron chi connectivity index (χ4n) is 2.84. The van der Waals surface area contributed by atoms with Crippen molar-refractivity contribution in [2.45, 2.75) is 57.0 Å². The third kappa shape index (κ3) is 3.65. The average Bonchev–Trinajstić information content (AvgIpc) is 2.81. The van der Waals surface area contributed by atoms with Crippen molar-refractivity contribution in [2.24, 2.45) is 11.1 Å². The molecule has 1 aliphatic rings. The number of carbonyl (C=O) groups excluding carboxylic acids is 1. The van der Waals surface area contributed by atoms with Gasteiger partial charge in [0.1, 0.15) is 16.8 Å². The molecule has 0 bridgehead atoms. The third-order valence-electron chi connectivity index (χ3n) is 4.00. The SMILES string of the molecule is CCC1CCCCC1OC(=O)c1cc(S(N)(=O)=O)c(C)o1. The molecule has 1 aromatic heterocycles. The highest BCUT2D eigenvalue weighted by Crippen LogP contribution is 2.30. The molecule has 1 heterocycles. The summed E-state index contributed by atoms with van der Waals surface area (Å²) in [6, 6.07) is 1.14. The van der Waals surface area contributed by atoms with Gasteiger partial charge < -0.3 is 9.15 Å². The van der Waals surface area contributed by atoms with Gasteiger partial charge in [-0.3, -0.25) is 0 Å². The zero-order chi connectivity index (χ0) is 15.6. The summed E-state index contributed by atoms with van der Waals surface area (Å²) in [5, 5.41) is 5.06. The highest BCUT2D eigenvalue weighted by atomic mass is 32.2. The van der Waals surface area contributed by atoms with E-state index in [4.69, 9.17) is 14.3 Å². The second-order valence-corrected chi connectivity index (χ2v) is 7.00.